The largest absolute Gasteiger partial charge is 0.354 e. The molecule has 2 aromatic rings. The highest BCUT2D eigenvalue weighted by Gasteiger charge is 2.10. The summed E-state index contributed by atoms with van der Waals surface area (Å²) >= 11 is 11.8. The molecule has 0 aliphatic carbocycles. The Balaban J connectivity index is 1.73. The lowest BCUT2D eigenvalue weighted by molar-refractivity contribution is 0.0953. The van der Waals surface area contributed by atoms with Gasteiger partial charge in [0, 0.05) is 30.5 Å². The van der Waals surface area contributed by atoms with Crippen molar-refractivity contribution in [1.29, 1.82) is 0 Å². The number of halogens is 2. The molecule has 0 aliphatic heterocycles. The summed E-state index contributed by atoms with van der Waals surface area (Å²) in [4.78, 5) is 20.0. The Kier molecular flexibility index (Phi) is 5.78. The molecule has 21 heavy (non-hydrogen) atoms. The predicted octanol–water partition coefficient (Wildman–Crippen LogP) is 3.02. The molecule has 1 aromatic heterocycles. The summed E-state index contributed by atoms with van der Waals surface area (Å²) in [6, 6.07) is 6.55. The van der Waals surface area contributed by atoms with Gasteiger partial charge >= 0.3 is 0 Å². The summed E-state index contributed by atoms with van der Waals surface area (Å²) in [6.07, 6.45) is 4.07. The van der Waals surface area contributed by atoms with Crippen molar-refractivity contribution in [3.63, 3.8) is 0 Å². The van der Waals surface area contributed by atoms with Crippen molar-refractivity contribution < 1.29 is 4.79 Å². The van der Waals surface area contributed by atoms with Crippen LogP contribution in [0.1, 0.15) is 16.8 Å². The van der Waals surface area contributed by atoms with Gasteiger partial charge in [0.15, 0.2) is 0 Å². The number of carbonyl (C=O) groups excluding carboxylic acids is 1. The monoisotopic (exact) mass is 324 g/mol. The van der Waals surface area contributed by atoms with Crippen molar-refractivity contribution >= 4 is 35.1 Å². The molecular weight excluding hydrogens is 311 g/mol. The van der Waals surface area contributed by atoms with Gasteiger partial charge in [-0.05, 0) is 30.7 Å². The van der Waals surface area contributed by atoms with Crippen LogP contribution in [0.5, 0.6) is 0 Å². The van der Waals surface area contributed by atoms with E-state index in [2.05, 4.69) is 20.6 Å². The maximum Gasteiger partial charge on any atom is 0.252 e. The van der Waals surface area contributed by atoms with Crippen molar-refractivity contribution in [2.45, 2.75) is 6.42 Å². The first-order valence-electron chi connectivity index (χ1n) is 6.41. The summed E-state index contributed by atoms with van der Waals surface area (Å²) in [5.74, 6) is 0.333. The fourth-order valence-corrected chi connectivity index (χ4v) is 2.02. The molecule has 1 heterocycles. The number of hydrogen-bond donors (Lipinski definition) is 2. The molecule has 0 unspecified atom stereocenters. The van der Waals surface area contributed by atoms with Gasteiger partial charge in [0.1, 0.15) is 0 Å². The fraction of sp³-hybridized carbons (Fsp3) is 0.214. The molecule has 0 atom stereocenters. The minimum absolute atomic E-state index is 0.238. The number of aromatic nitrogens is 2. The van der Waals surface area contributed by atoms with Crippen LogP contribution < -0.4 is 10.6 Å². The maximum absolute atomic E-state index is 12.0. The predicted molar refractivity (Wildman–Crippen MR) is 83.9 cm³/mol. The van der Waals surface area contributed by atoms with Crippen molar-refractivity contribution in [3.05, 3.63) is 52.3 Å². The number of carbonyl (C=O) groups is 1. The van der Waals surface area contributed by atoms with Crippen LogP contribution in [0.4, 0.5) is 5.95 Å². The van der Waals surface area contributed by atoms with Crippen LogP contribution in [-0.2, 0) is 0 Å². The Hall–Kier alpha value is -1.85. The lowest BCUT2D eigenvalue weighted by Gasteiger charge is -2.08. The van der Waals surface area contributed by atoms with Crippen LogP contribution in [0.2, 0.25) is 10.0 Å². The minimum Gasteiger partial charge on any atom is -0.354 e. The van der Waals surface area contributed by atoms with Crippen LogP contribution in [0.3, 0.4) is 0 Å². The van der Waals surface area contributed by atoms with Gasteiger partial charge in [-0.1, -0.05) is 23.2 Å². The molecule has 0 spiro atoms. The van der Waals surface area contributed by atoms with Crippen molar-refractivity contribution in [3.8, 4) is 0 Å². The molecule has 5 nitrogen and oxygen atoms in total. The van der Waals surface area contributed by atoms with E-state index in [9.17, 15) is 4.79 Å². The molecule has 0 fully saturated rings. The summed E-state index contributed by atoms with van der Waals surface area (Å²) < 4.78 is 0. The number of amides is 1. The summed E-state index contributed by atoms with van der Waals surface area (Å²) in [5.41, 5.74) is 0.378. The average molecular weight is 325 g/mol. The first-order valence-corrected chi connectivity index (χ1v) is 7.16. The van der Waals surface area contributed by atoms with E-state index in [0.29, 0.717) is 34.6 Å². The van der Waals surface area contributed by atoms with Crippen molar-refractivity contribution in [2.24, 2.45) is 0 Å². The Morgan fingerprint density at radius 1 is 1.14 bits per heavy atom. The minimum atomic E-state index is -0.238. The summed E-state index contributed by atoms with van der Waals surface area (Å²) in [5, 5.41) is 6.71. The number of nitrogens with zero attached hydrogens (tertiary/aromatic N) is 2. The molecule has 0 bridgehead atoms. The molecule has 1 amide bonds. The van der Waals surface area contributed by atoms with Gasteiger partial charge in [-0.15, -0.1) is 0 Å². The second kappa shape index (κ2) is 7.81. The van der Waals surface area contributed by atoms with Gasteiger partial charge in [-0.3, -0.25) is 4.79 Å². The smallest absolute Gasteiger partial charge is 0.252 e. The summed E-state index contributed by atoms with van der Waals surface area (Å²) in [6.45, 7) is 1.18. The number of nitrogens with one attached hydrogen (secondary N) is 2. The van der Waals surface area contributed by atoms with E-state index in [4.69, 9.17) is 23.2 Å². The van der Waals surface area contributed by atoms with Gasteiger partial charge in [0.25, 0.3) is 5.91 Å². The van der Waals surface area contributed by atoms with Crippen LogP contribution in [-0.4, -0.2) is 29.0 Å². The van der Waals surface area contributed by atoms with Crippen molar-refractivity contribution in [2.75, 3.05) is 18.4 Å². The molecule has 0 radical (unpaired) electrons. The summed E-state index contributed by atoms with van der Waals surface area (Å²) in [7, 11) is 0. The van der Waals surface area contributed by atoms with E-state index in [0.717, 1.165) is 6.42 Å². The third-order valence-corrected chi connectivity index (χ3v) is 3.23. The quantitative estimate of drug-likeness (QED) is 0.801. The molecule has 0 saturated carbocycles. The number of rotatable bonds is 6. The van der Waals surface area contributed by atoms with E-state index in [1.165, 1.54) is 0 Å². The fourth-order valence-electron chi connectivity index (χ4n) is 1.65. The van der Waals surface area contributed by atoms with Gasteiger partial charge in [0.2, 0.25) is 5.95 Å². The molecule has 110 valence electrons. The topological polar surface area (TPSA) is 66.9 Å². The van der Waals surface area contributed by atoms with E-state index >= 15 is 0 Å². The maximum atomic E-state index is 12.0. The van der Waals surface area contributed by atoms with E-state index in [1.54, 1.807) is 36.7 Å². The average Bonchev–Trinajstić information content (AvgIpc) is 2.50. The van der Waals surface area contributed by atoms with Crippen LogP contribution in [0.25, 0.3) is 0 Å². The van der Waals surface area contributed by atoms with Gasteiger partial charge < -0.3 is 10.6 Å². The normalized spacial score (nSPS) is 10.2. The number of anilines is 1. The lowest BCUT2D eigenvalue weighted by atomic mass is 10.2. The third-order valence-electron chi connectivity index (χ3n) is 2.66. The molecule has 2 rings (SSSR count). The molecule has 7 heteroatoms. The molecule has 2 N–H and O–H groups in total. The van der Waals surface area contributed by atoms with Crippen LogP contribution in [0.15, 0.2) is 36.7 Å². The molecule has 0 aliphatic rings. The number of benzene rings is 1. The van der Waals surface area contributed by atoms with Crippen molar-refractivity contribution in [1.82, 2.24) is 15.3 Å². The van der Waals surface area contributed by atoms with E-state index < -0.39 is 0 Å². The zero-order valence-electron chi connectivity index (χ0n) is 11.1. The van der Waals surface area contributed by atoms with Gasteiger partial charge in [-0.2, -0.15) is 0 Å². The zero-order chi connectivity index (χ0) is 15.1. The standard InChI is InChI=1S/C14H14Cl2N4O/c15-10-3-4-12(16)11(9-10)13(21)17-5-1-6-18-14-19-7-2-8-20-14/h2-4,7-9H,1,5-6H2,(H,17,21)(H,18,19,20). The lowest BCUT2D eigenvalue weighted by Crippen LogP contribution is -2.26. The number of hydrogen-bond acceptors (Lipinski definition) is 4. The Labute approximate surface area is 132 Å². The molecule has 0 saturated heterocycles. The SMILES string of the molecule is O=C(NCCCNc1ncccn1)c1cc(Cl)ccc1Cl. The highest BCUT2D eigenvalue weighted by atomic mass is 35.5. The second-order valence-electron chi connectivity index (χ2n) is 4.23. The Bertz CT molecular complexity index is 607. The first-order chi connectivity index (χ1) is 10.2. The van der Waals surface area contributed by atoms with Gasteiger partial charge in [-0.25, -0.2) is 9.97 Å². The van der Waals surface area contributed by atoms with Crippen LogP contribution >= 0.6 is 23.2 Å². The molecular formula is C14H14Cl2N4O. The zero-order valence-corrected chi connectivity index (χ0v) is 12.7. The van der Waals surface area contributed by atoms with Gasteiger partial charge in [0.05, 0.1) is 10.6 Å². The van der Waals surface area contributed by atoms with Crippen LogP contribution in [0, 0.1) is 0 Å². The first kappa shape index (κ1) is 15.5. The highest BCUT2D eigenvalue weighted by molar-refractivity contribution is 6.35. The second-order valence-corrected chi connectivity index (χ2v) is 5.08. The Morgan fingerprint density at radius 3 is 2.67 bits per heavy atom. The third kappa shape index (κ3) is 4.88. The van der Waals surface area contributed by atoms with E-state index in [-0.39, 0.29) is 5.91 Å². The molecule has 1 aromatic carbocycles. The Morgan fingerprint density at radius 2 is 1.90 bits per heavy atom. The van der Waals surface area contributed by atoms with E-state index in [1.807, 2.05) is 0 Å². The highest BCUT2D eigenvalue weighted by Crippen LogP contribution is 2.20.